The van der Waals surface area contributed by atoms with Gasteiger partial charge in [0, 0.05) is 53.3 Å². The van der Waals surface area contributed by atoms with Crippen LogP contribution in [0.1, 0.15) is 11.3 Å². The molecule has 0 aliphatic heterocycles. The number of thiol groups is 2. The van der Waals surface area contributed by atoms with Gasteiger partial charge in [-0.3, -0.25) is 14.4 Å². The lowest BCUT2D eigenvalue weighted by atomic mass is 10.0. The molecule has 2 heterocycles. The van der Waals surface area contributed by atoms with Gasteiger partial charge < -0.3 is 36.8 Å². The summed E-state index contributed by atoms with van der Waals surface area (Å²) in [5.74, 6) is -3.27. The summed E-state index contributed by atoms with van der Waals surface area (Å²) in [4.78, 5) is 60.1. The van der Waals surface area contributed by atoms with Crippen LogP contribution in [0.5, 0.6) is 0 Å². The van der Waals surface area contributed by atoms with Gasteiger partial charge in [-0.15, -0.1) is 0 Å². The van der Waals surface area contributed by atoms with Crippen molar-refractivity contribution in [1.29, 1.82) is 0 Å². The molecule has 0 saturated heterocycles. The van der Waals surface area contributed by atoms with Crippen molar-refractivity contribution >= 4 is 59.9 Å². The first-order chi connectivity index (χ1) is 17.7. The lowest BCUT2D eigenvalue weighted by Crippen LogP contribution is -2.58. The number of para-hydroxylation sites is 1. The van der Waals surface area contributed by atoms with Gasteiger partial charge in [0.15, 0.2) is 0 Å². The maximum atomic E-state index is 13.1. The normalized spacial score (nSPS) is 14.4. The van der Waals surface area contributed by atoms with Crippen LogP contribution in [-0.2, 0) is 32.0 Å². The minimum atomic E-state index is -1.25. The topological polar surface area (TPSA) is 195 Å². The van der Waals surface area contributed by atoms with E-state index >= 15 is 0 Å². The number of fused-ring (bicyclic) bond motifs is 1. The number of amides is 3. The standard InChI is InChI=1S/C23H29N7O5S2/c24-15(9-36)20(31)28-17(6-13-8-25-11-27-13)21(32)30-19(10-37)22(33)29-18(23(34)35)5-12-7-26-16-4-2-1-3-14(12)16/h1-4,7-8,11,15,17-19,26,36-37H,5-6,9-10,24H2,(H,25,27)(H,28,31)(H,29,33)(H,30,32)(H,34,35). The molecule has 14 heteroatoms. The van der Waals surface area contributed by atoms with Crippen LogP contribution in [0.25, 0.3) is 10.9 Å². The minimum absolute atomic E-state index is 0.0262. The number of imidazole rings is 1. The van der Waals surface area contributed by atoms with E-state index in [1.807, 2.05) is 24.3 Å². The van der Waals surface area contributed by atoms with Crippen LogP contribution in [0, 0.1) is 0 Å². The number of carbonyl (C=O) groups excluding carboxylic acids is 3. The Balaban J connectivity index is 1.69. The molecule has 0 aliphatic rings. The first-order valence-electron chi connectivity index (χ1n) is 11.4. The molecule has 3 aromatic rings. The highest BCUT2D eigenvalue weighted by Crippen LogP contribution is 2.19. The summed E-state index contributed by atoms with van der Waals surface area (Å²) in [6.45, 7) is 0. The molecule has 0 saturated carbocycles. The Morgan fingerprint density at radius 2 is 1.59 bits per heavy atom. The molecule has 12 nitrogen and oxygen atoms in total. The molecule has 8 N–H and O–H groups in total. The highest BCUT2D eigenvalue weighted by molar-refractivity contribution is 7.80. The lowest BCUT2D eigenvalue weighted by molar-refractivity contribution is -0.142. The third-order valence-electron chi connectivity index (χ3n) is 5.67. The second-order valence-electron chi connectivity index (χ2n) is 8.34. The van der Waals surface area contributed by atoms with Gasteiger partial charge in [-0.25, -0.2) is 9.78 Å². The van der Waals surface area contributed by atoms with Gasteiger partial charge in [0.1, 0.15) is 18.1 Å². The predicted octanol–water partition coefficient (Wildman–Crippen LogP) is -0.598. The molecule has 3 rings (SSSR count). The zero-order valence-electron chi connectivity index (χ0n) is 19.7. The zero-order chi connectivity index (χ0) is 26.9. The van der Waals surface area contributed by atoms with Crippen molar-refractivity contribution in [2.45, 2.75) is 37.0 Å². The van der Waals surface area contributed by atoms with Crippen LogP contribution < -0.4 is 21.7 Å². The predicted molar refractivity (Wildman–Crippen MR) is 143 cm³/mol. The number of aromatic nitrogens is 3. The van der Waals surface area contributed by atoms with Crippen LogP contribution in [-0.4, -0.2) is 79.4 Å². The molecule has 1 aromatic carbocycles. The molecular weight excluding hydrogens is 518 g/mol. The molecule has 3 amide bonds. The number of carboxylic acids is 1. The maximum Gasteiger partial charge on any atom is 0.326 e. The monoisotopic (exact) mass is 547 g/mol. The summed E-state index contributed by atoms with van der Waals surface area (Å²) >= 11 is 8.15. The molecule has 0 bridgehead atoms. The number of carbonyl (C=O) groups is 4. The number of hydrogen-bond acceptors (Lipinski definition) is 8. The van der Waals surface area contributed by atoms with Crippen molar-refractivity contribution in [3.63, 3.8) is 0 Å². The lowest BCUT2D eigenvalue weighted by Gasteiger charge is -2.24. The Labute approximate surface area is 223 Å². The van der Waals surface area contributed by atoms with E-state index in [2.05, 4.69) is 56.2 Å². The van der Waals surface area contributed by atoms with Crippen LogP contribution in [0.2, 0.25) is 0 Å². The van der Waals surface area contributed by atoms with E-state index in [0.29, 0.717) is 5.69 Å². The number of aromatic amines is 2. The number of aliphatic carboxylic acids is 1. The quantitative estimate of drug-likeness (QED) is 0.127. The number of H-pyrrole nitrogens is 2. The van der Waals surface area contributed by atoms with Crippen LogP contribution in [0.4, 0.5) is 0 Å². The Kier molecular flexibility index (Phi) is 10.00. The number of rotatable bonds is 13. The molecule has 37 heavy (non-hydrogen) atoms. The molecule has 0 fully saturated rings. The average molecular weight is 548 g/mol. The Bertz CT molecular complexity index is 1230. The van der Waals surface area contributed by atoms with Crippen molar-refractivity contribution in [2.24, 2.45) is 5.73 Å². The fourth-order valence-electron chi connectivity index (χ4n) is 3.65. The minimum Gasteiger partial charge on any atom is -0.480 e. The van der Waals surface area contributed by atoms with Crippen molar-refractivity contribution in [1.82, 2.24) is 30.9 Å². The maximum absolute atomic E-state index is 13.1. The molecule has 198 valence electrons. The number of hydrogen-bond donors (Lipinski definition) is 9. The van der Waals surface area contributed by atoms with Gasteiger partial charge in [0.2, 0.25) is 17.7 Å². The van der Waals surface area contributed by atoms with E-state index in [1.54, 1.807) is 6.20 Å². The van der Waals surface area contributed by atoms with E-state index in [0.717, 1.165) is 16.5 Å². The molecule has 2 aromatic heterocycles. The van der Waals surface area contributed by atoms with E-state index in [1.165, 1.54) is 12.5 Å². The molecule has 4 unspecified atom stereocenters. The van der Waals surface area contributed by atoms with Crippen LogP contribution >= 0.6 is 25.3 Å². The zero-order valence-corrected chi connectivity index (χ0v) is 21.5. The van der Waals surface area contributed by atoms with Crippen LogP contribution in [0.15, 0.2) is 43.0 Å². The number of nitrogens with zero attached hydrogens (tertiary/aromatic N) is 1. The molecule has 4 atom stereocenters. The molecular formula is C23H29N7O5S2. The van der Waals surface area contributed by atoms with Crippen molar-refractivity contribution in [2.75, 3.05) is 11.5 Å². The highest BCUT2D eigenvalue weighted by atomic mass is 32.1. The molecule has 0 aliphatic carbocycles. The summed E-state index contributed by atoms with van der Waals surface area (Å²) in [5, 5.41) is 18.1. The van der Waals surface area contributed by atoms with E-state index < -0.39 is 47.9 Å². The van der Waals surface area contributed by atoms with Gasteiger partial charge in [-0.2, -0.15) is 25.3 Å². The first-order valence-corrected chi connectivity index (χ1v) is 12.6. The van der Waals surface area contributed by atoms with Gasteiger partial charge in [-0.1, -0.05) is 18.2 Å². The summed E-state index contributed by atoms with van der Waals surface area (Å²) in [7, 11) is 0. The van der Waals surface area contributed by atoms with Crippen molar-refractivity contribution < 1.29 is 24.3 Å². The fourth-order valence-corrected chi connectivity index (χ4v) is 4.07. The van der Waals surface area contributed by atoms with Crippen molar-refractivity contribution in [3.8, 4) is 0 Å². The highest BCUT2D eigenvalue weighted by Gasteiger charge is 2.30. The number of carboxylic acid groups (broad SMARTS) is 1. The van der Waals surface area contributed by atoms with Gasteiger partial charge in [0.25, 0.3) is 0 Å². The third kappa shape index (κ3) is 7.50. The Morgan fingerprint density at radius 3 is 2.24 bits per heavy atom. The SMILES string of the molecule is NC(CS)C(=O)NC(Cc1cnc[nH]1)C(=O)NC(CS)C(=O)NC(Cc1c[nH]c2ccccc12)C(=O)O. The second-order valence-corrected chi connectivity index (χ2v) is 9.07. The summed E-state index contributed by atoms with van der Waals surface area (Å²) in [6, 6.07) is 2.96. The number of nitrogens with one attached hydrogen (secondary N) is 5. The van der Waals surface area contributed by atoms with E-state index in [-0.39, 0.29) is 24.3 Å². The Hall–Kier alpha value is -3.49. The largest absolute Gasteiger partial charge is 0.480 e. The first kappa shape index (κ1) is 28.1. The average Bonchev–Trinajstić information content (AvgIpc) is 3.55. The van der Waals surface area contributed by atoms with Gasteiger partial charge >= 0.3 is 5.97 Å². The summed E-state index contributed by atoms with van der Waals surface area (Å²) < 4.78 is 0. The number of benzene rings is 1. The third-order valence-corrected chi connectivity index (χ3v) is 6.43. The summed E-state index contributed by atoms with van der Waals surface area (Å²) in [5.41, 5.74) is 7.84. The molecule has 0 radical (unpaired) electrons. The number of nitrogens with two attached hydrogens (primary N) is 1. The van der Waals surface area contributed by atoms with Gasteiger partial charge in [0.05, 0.1) is 12.4 Å². The smallest absolute Gasteiger partial charge is 0.326 e. The van der Waals surface area contributed by atoms with E-state index in [4.69, 9.17) is 5.73 Å². The molecule has 0 spiro atoms. The summed E-state index contributed by atoms with van der Waals surface area (Å²) in [6.07, 6.45) is 4.70. The van der Waals surface area contributed by atoms with Gasteiger partial charge in [-0.05, 0) is 11.6 Å². The van der Waals surface area contributed by atoms with Crippen LogP contribution in [0.3, 0.4) is 0 Å². The van der Waals surface area contributed by atoms with Crippen molar-refractivity contribution in [3.05, 3.63) is 54.2 Å². The fraction of sp³-hybridized carbons (Fsp3) is 0.348. The Morgan fingerprint density at radius 1 is 0.919 bits per heavy atom. The van der Waals surface area contributed by atoms with E-state index in [9.17, 15) is 24.3 Å². The second kappa shape index (κ2) is 13.2.